The maximum absolute atomic E-state index is 5.35. The molecule has 0 bridgehead atoms. The Morgan fingerprint density at radius 2 is 1.21 bits per heavy atom. The molecule has 0 aliphatic carbocycles. The van der Waals surface area contributed by atoms with Gasteiger partial charge in [0.05, 0.1) is 6.61 Å². The summed E-state index contributed by atoms with van der Waals surface area (Å²) in [6.07, 6.45) is 7.47. The fourth-order valence-electron chi connectivity index (χ4n) is 1.08. The summed E-state index contributed by atoms with van der Waals surface area (Å²) in [5, 5.41) is 0. The molecule has 104 valence electrons. The molecule has 0 aromatic carbocycles. The van der Waals surface area contributed by atoms with Gasteiger partial charge in [0.1, 0.15) is 13.2 Å². The highest BCUT2D eigenvalue weighted by Crippen LogP contribution is 2.14. The van der Waals surface area contributed by atoms with Crippen molar-refractivity contribution in [3.63, 3.8) is 0 Å². The van der Waals surface area contributed by atoms with Gasteiger partial charge in [-0.15, -0.1) is 15.0 Å². The Hall–Kier alpha value is -2.11. The van der Waals surface area contributed by atoms with Crippen LogP contribution in [-0.4, -0.2) is 34.8 Å². The molecular weight excluding hydrogens is 246 g/mol. The first-order valence-corrected chi connectivity index (χ1v) is 6.17. The van der Waals surface area contributed by atoms with Crippen molar-refractivity contribution in [1.82, 2.24) is 15.0 Å². The molecule has 0 saturated heterocycles. The van der Waals surface area contributed by atoms with Crippen LogP contribution in [0.3, 0.4) is 0 Å². The second-order valence-electron chi connectivity index (χ2n) is 3.38. The van der Waals surface area contributed by atoms with Gasteiger partial charge in [-0.05, 0) is 20.8 Å². The summed E-state index contributed by atoms with van der Waals surface area (Å²) in [4.78, 5) is 12.1. The lowest BCUT2D eigenvalue weighted by Crippen LogP contribution is -2.07. The van der Waals surface area contributed by atoms with Crippen LogP contribution in [0.1, 0.15) is 20.8 Å². The van der Waals surface area contributed by atoms with Crippen LogP contribution in [0.2, 0.25) is 0 Å². The summed E-state index contributed by atoms with van der Waals surface area (Å²) in [5.41, 5.74) is 0. The van der Waals surface area contributed by atoms with E-state index < -0.39 is 0 Å². The molecule has 1 aromatic heterocycles. The SMILES string of the molecule is CC=CCOc1nc(OCC)nc(OCC=CC)n1. The molecule has 0 amide bonds. The molecule has 19 heavy (non-hydrogen) atoms. The summed E-state index contributed by atoms with van der Waals surface area (Å²) in [6, 6.07) is 0.572. The minimum atomic E-state index is 0.187. The Morgan fingerprint density at radius 1 is 0.789 bits per heavy atom. The van der Waals surface area contributed by atoms with Crippen LogP contribution in [0, 0.1) is 0 Å². The molecule has 0 saturated carbocycles. The van der Waals surface area contributed by atoms with Crippen molar-refractivity contribution in [1.29, 1.82) is 0 Å². The van der Waals surface area contributed by atoms with Crippen molar-refractivity contribution in [2.45, 2.75) is 20.8 Å². The zero-order valence-electron chi connectivity index (χ0n) is 11.5. The quantitative estimate of drug-likeness (QED) is 0.671. The van der Waals surface area contributed by atoms with E-state index in [1.165, 1.54) is 0 Å². The highest BCUT2D eigenvalue weighted by atomic mass is 16.5. The first-order valence-electron chi connectivity index (χ1n) is 6.17. The number of ether oxygens (including phenoxy) is 3. The number of hydrogen-bond acceptors (Lipinski definition) is 6. The Balaban J connectivity index is 2.77. The van der Waals surface area contributed by atoms with Crippen molar-refractivity contribution in [3.8, 4) is 18.0 Å². The van der Waals surface area contributed by atoms with Gasteiger partial charge in [0.25, 0.3) is 0 Å². The fraction of sp³-hybridized carbons (Fsp3) is 0.462. The van der Waals surface area contributed by atoms with Gasteiger partial charge in [-0.1, -0.05) is 24.3 Å². The van der Waals surface area contributed by atoms with Crippen LogP contribution in [-0.2, 0) is 0 Å². The molecule has 0 radical (unpaired) electrons. The molecule has 1 rings (SSSR count). The lowest BCUT2D eigenvalue weighted by Gasteiger charge is -2.07. The van der Waals surface area contributed by atoms with Crippen LogP contribution in [0.25, 0.3) is 0 Å². The van der Waals surface area contributed by atoms with Crippen molar-refractivity contribution in [3.05, 3.63) is 24.3 Å². The first-order chi connectivity index (χ1) is 9.30. The largest absolute Gasteiger partial charge is 0.464 e. The lowest BCUT2D eigenvalue weighted by molar-refractivity contribution is 0.261. The zero-order chi connectivity index (χ0) is 13.9. The van der Waals surface area contributed by atoms with E-state index in [0.717, 1.165) is 0 Å². The lowest BCUT2D eigenvalue weighted by atomic mass is 10.6. The number of aromatic nitrogens is 3. The molecule has 0 atom stereocenters. The van der Waals surface area contributed by atoms with E-state index in [2.05, 4.69) is 15.0 Å². The van der Waals surface area contributed by atoms with Crippen molar-refractivity contribution < 1.29 is 14.2 Å². The second kappa shape index (κ2) is 8.91. The van der Waals surface area contributed by atoms with Gasteiger partial charge in [0.15, 0.2) is 0 Å². The molecule has 1 aromatic rings. The number of allylic oxidation sites excluding steroid dienone is 2. The second-order valence-corrected chi connectivity index (χ2v) is 3.38. The van der Waals surface area contributed by atoms with E-state index in [4.69, 9.17) is 14.2 Å². The molecule has 0 aliphatic heterocycles. The number of nitrogens with zero attached hydrogens (tertiary/aromatic N) is 3. The van der Waals surface area contributed by atoms with Crippen LogP contribution >= 0.6 is 0 Å². The Labute approximate surface area is 113 Å². The van der Waals surface area contributed by atoms with Crippen molar-refractivity contribution >= 4 is 0 Å². The third-order valence-electron chi connectivity index (χ3n) is 1.94. The monoisotopic (exact) mass is 265 g/mol. The predicted octanol–water partition coefficient (Wildman–Crippen LogP) is 2.18. The van der Waals surface area contributed by atoms with E-state index in [1.807, 2.05) is 45.1 Å². The average Bonchev–Trinajstić information content (AvgIpc) is 2.40. The Kier molecular flexibility index (Phi) is 7.01. The minimum Gasteiger partial charge on any atom is -0.464 e. The van der Waals surface area contributed by atoms with Crippen LogP contribution in [0.5, 0.6) is 18.0 Å². The molecule has 0 fully saturated rings. The zero-order valence-corrected chi connectivity index (χ0v) is 11.5. The number of hydrogen-bond donors (Lipinski definition) is 0. The Bertz CT molecular complexity index is 399. The molecule has 6 nitrogen and oxygen atoms in total. The summed E-state index contributed by atoms with van der Waals surface area (Å²) >= 11 is 0. The third kappa shape index (κ3) is 5.85. The highest BCUT2D eigenvalue weighted by molar-refractivity contribution is 5.09. The predicted molar refractivity (Wildman–Crippen MR) is 71.6 cm³/mol. The summed E-state index contributed by atoms with van der Waals surface area (Å²) in [6.45, 7) is 6.92. The van der Waals surface area contributed by atoms with Crippen LogP contribution in [0.15, 0.2) is 24.3 Å². The van der Waals surface area contributed by atoms with Crippen LogP contribution < -0.4 is 14.2 Å². The maximum atomic E-state index is 5.35. The molecule has 1 heterocycles. The minimum absolute atomic E-state index is 0.187. The standard InChI is InChI=1S/C13H19N3O3/c1-4-7-9-18-12-14-11(17-6-3)15-13(16-12)19-10-8-5-2/h4-5,7-8H,6,9-10H2,1-3H3. The van der Waals surface area contributed by atoms with E-state index in [0.29, 0.717) is 19.8 Å². The molecule has 6 heteroatoms. The van der Waals surface area contributed by atoms with E-state index >= 15 is 0 Å². The van der Waals surface area contributed by atoms with E-state index in [-0.39, 0.29) is 18.0 Å². The molecule has 0 aliphatic rings. The van der Waals surface area contributed by atoms with Crippen molar-refractivity contribution in [2.24, 2.45) is 0 Å². The highest BCUT2D eigenvalue weighted by Gasteiger charge is 2.08. The summed E-state index contributed by atoms with van der Waals surface area (Å²) < 4.78 is 15.9. The van der Waals surface area contributed by atoms with Gasteiger partial charge in [0, 0.05) is 0 Å². The maximum Gasteiger partial charge on any atom is 0.326 e. The molecule has 0 unspecified atom stereocenters. The molecular formula is C13H19N3O3. The smallest absolute Gasteiger partial charge is 0.326 e. The molecule has 0 spiro atoms. The van der Waals surface area contributed by atoms with Gasteiger partial charge in [0.2, 0.25) is 0 Å². The van der Waals surface area contributed by atoms with Gasteiger partial charge in [-0.3, -0.25) is 0 Å². The van der Waals surface area contributed by atoms with Crippen molar-refractivity contribution in [2.75, 3.05) is 19.8 Å². The fourth-order valence-corrected chi connectivity index (χ4v) is 1.08. The Morgan fingerprint density at radius 3 is 1.58 bits per heavy atom. The number of rotatable bonds is 8. The van der Waals surface area contributed by atoms with Crippen LogP contribution in [0.4, 0.5) is 0 Å². The van der Waals surface area contributed by atoms with Gasteiger partial charge in [-0.2, -0.15) is 0 Å². The average molecular weight is 265 g/mol. The summed E-state index contributed by atoms with van der Waals surface area (Å²) in [5.74, 6) is 0. The summed E-state index contributed by atoms with van der Waals surface area (Å²) in [7, 11) is 0. The first kappa shape index (κ1) is 14.9. The van der Waals surface area contributed by atoms with Gasteiger partial charge >= 0.3 is 18.0 Å². The normalized spacial score (nSPS) is 11.1. The topological polar surface area (TPSA) is 66.4 Å². The van der Waals surface area contributed by atoms with Gasteiger partial charge < -0.3 is 14.2 Å². The van der Waals surface area contributed by atoms with E-state index in [1.54, 1.807) is 0 Å². The van der Waals surface area contributed by atoms with Gasteiger partial charge in [-0.25, -0.2) is 0 Å². The molecule has 0 N–H and O–H groups in total. The third-order valence-corrected chi connectivity index (χ3v) is 1.94. The van der Waals surface area contributed by atoms with E-state index in [9.17, 15) is 0 Å².